The van der Waals surface area contributed by atoms with E-state index in [2.05, 4.69) is 0 Å². The first-order valence-electron chi connectivity index (χ1n) is 5.74. The lowest BCUT2D eigenvalue weighted by molar-refractivity contribution is 0.530. The van der Waals surface area contributed by atoms with Crippen LogP contribution < -0.4 is 5.63 Å². The lowest BCUT2D eigenvalue weighted by Crippen LogP contribution is -1.99. The molecule has 3 rings (SSSR count). The fraction of sp³-hybridized carbons (Fsp3) is 0.133. The predicted octanol–water partition coefficient (Wildman–Crippen LogP) is 3.67. The molecule has 0 N–H and O–H groups in total. The maximum atomic E-state index is 11.9. The molecule has 0 radical (unpaired) electrons. The molecule has 0 amide bonds. The van der Waals surface area contributed by atoms with Crippen molar-refractivity contribution in [3.63, 3.8) is 0 Å². The Morgan fingerprint density at radius 2 is 1.78 bits per heavy atom. The van der Waals surface area contributed by atoms with E-state index in [1.807, 2.05) is 38.1 Å². The summed E-state index contributed by atoms with van der Waals surface area (Å²) in [4.78, 5) is 11.9. The van der Waals surface area contributed by atoms with Gasteiger partial charge in [-0.05, 0) is 13.8 Å². The molecule has 3 heteroatoms. The third-order valence-corrected chi connectivity index (χ3v) is 3.01. The zero-order valence-corrected chi connectivity index (χ0v) is 10.2. The van der Waals surface area contributed by atoms with Gasteiger partial charge >= 0.3 is 5.63 Å². The second kappa shape index (κ2) is 3.88. The molecule has 0 unspecified atom stereocenters. The SMILES string of the molecule is Cc1ccc(-c2cc3occ(C)c3c(=O)o2)cc1. The first kappa shape index (κ1) is 10.8. The van der Waals surface area contributed by atoms with Crippen molar-refractivity contribution in [3.05, 3.63) is 58.1 Å². The fourth-order valence-corrected chi connectivity index (χ4v) is 1.99. The number of fused-ring (bicyclic) bond motifs is 1. The van der Waals surface area contributed by atoms with Crippen LogP contribution in [0.25, 0.3) is 22.3 Å². The highest BCUT2D eigenvalue weighted by molar-refractivity contribution is 5.82. The maximum absolute atomic E-state index is 11.9. The quantitative estimate of drug-likeness (QED) is 0.651. The predicted molar refractivity (Wildman–Crippen MR) is 69.7 cm³/mol. The highest BCUT2D eigenvalue weighted by Crippen LogP contribution is 2.24. The van der Waals surface area contributed by atoms with E-state index in [1.165, 1.54) is 0 Å². The molecule has 0 spiro atoms. The minimum Gasteiger partial charge on any atom is -0.464 e. The Labute approximate surface area is 104 Å². The van der Waals surface area contributed by atoms with Crippen molar-refractivity contribution in [2.45, 2.75) is 13.8 Å². The molecule has 0 aliphatic heterocycles. The summed E-state index contributed by atoms with van der Waals surface area (Å²) in [7, 11) is 0. The van der Waals surface area contributed by atoms with Crippen LogP contribution in [0.5, 0.6) is 0 Å². The van der Waals surface area contributed by atoms with Gasteiger partial charge in [0.15, 0.2) is 0 Å². The molecule has 0 saturated carbocycles. The molecule has 0 saturated heterocycles. The molecule has 3 aromatic rings. The molecule has 90 valence electrons. The Morgan fingerprint density at radius 3 is 2.50 bits per heavy atom. The number of furan rings is 1. The zero-order chi connectivity index (χ0) is 12.7. The van der Waals surface area contributed by atoms with E-state index in [-0.39, 0.29) is 5.63 Å². The summed E-state index contributed by atoms with van der Waals surface area (Å²) in [6.07, 6.45) is 1.57. The molecule has 2 aromatic heterocycles. The van der Waals surface area contributed by atoms with Crippen LogP contribution in [-0.2, 0) is 0 Å². The van der Waals surface area contributed by atoms with Gasteiger partial charge in [-0.3, -0.25) is 0 Å². The van der Waals surface area contributed by atoms with Gasteiger partial charge in [0.1, 0.15) is 16.7 Å². The van der Waals surface area contributed by atoms with Crippen LogP contribution in [0, 0.1) is 13.8 Å². The monoisotopic (exact) mass is 240 g/mol. The van der Waals surface area contributed by atoms with Crippen molar-refractivity contribution >= 4 is 11.0 Å². The Kier molecular flexibility index (Phi) is 2.33. The Hall–Kier alpha value is -2.29. The van der Waals surface area contributed by atoms with E-state index in [0.717, 1.165) is 16.7 Å². The van der Waals surface area contributed by atoms with Gasteiger partial charge < -0.3 is 8.83 Å². The van der Waals surface area contributed by atoms with Crippen molar-refractivity contribution in [3.8, 4) is 11.3 Å². The first-order chi connectivity index (χ1) is 8.65. The molecular formula is C15H12O3. The topological polar surface area (TPSA) is 43.4 Å². The lowest BCUT2D eigenvalue weighted by Gasteiger charge is -2.00. The summed E-state index contributed by atoms with van der Waals surface area (Å²) < 4.78 is 10.7. The van der Waals surface area contributed by atoms with Gasteiger partial charge in [0, 0.05) is 17.2 Å². The van der Waals surface area contributed by atoms with Gasteiger partial charge in [-0.2, -0.15) is 0 Å². The molecule has 2 heterocycles. The zero-order valence-electron chi connectivity index (χ0n) is 10.2. The van der Waals surface area contributed by atoms with Crippen LogP contribution in [0.1, 0.15) is 11.1 Å². The van der Waals surface area contributed by atoms with Crippen LogP contribution >= 0.6 is 0 Å². The molecule has 0 fully saturated rings. The fourth-order valence-electron chi connectivity index (χ4n) is 1.99. The first-order valence-corrected chi connectivity index (χ1v) is 5.74. The van der Waals surface area contributed by atoms with Gasteiger partial charge in [-0.15, -0.1) is 0 Å². The van der Waals surface area contributed by atoms with E-state index >= 15 is 0 Å². The van der Waals surface area contributed by atoms with Crippen molar-refractivity contribution in [1.82, 2.24) is 0 Å². The van der Waals surface area contributed by atoms with Crippen molar-refractivity contribution in [2.75, 3.05) is 0 Å². The van der Waals surface area contributed by atoms with Gasteiger partial charge in [0.05, 0.1) is 6.26 Å². The maximum Gasteiger partial charge on any atom is 0.347 e. The van der Waals surface area contributed by atoms with Gasteiger partial charge in [-0.25, -0.2) is 4.79 Å². The summed E-state index contributed by atoms with van der Waals surface area (Å²) in [5.74, 6) is 0.529. The van der Waals surface area contributed by atoms with E-state index in [4.69, 9.17) is 8.83 Å². The highest BCUT2D eigenvalue weighted by atomic mass is 16.4. The highest BCUT2D eigenvalue weighted by Gasteiger charge is 2.11. The van der Waals surface area contributed by atoms with Crippen molar-refractivity contribution in [1.29, 1.82) is 0 Å². The Bertz CT molecular complexity index is 761. The average Bonchev–Trinajstić information content (AvgIpc) is 2.72. The number of hydrogen-bond acceptors (Lipinski definition) is 3. The molecule has 1 aromatic carbocycles. The largest absolute Gasteiger partial charge is 0.464 e. The molecule has 0 aliphatic carbocycles. The summed E-state index contributed by atoms with van der Waals surface area (Å²) in [5.41, 5.74) is 3.05. The lowest BCUT2D eigenvalue weighted by atomic mass is 10.1. The van der Waals surface area contributed by atoms with Crippen molar-refractivity contribution in [2.24, 2.45) is 0 Å². The molecule has 0 bridgehead atoms. The smallest absolute Gasteiger partial charge is 0.347 e. The van der Waals surface area contributed by atoms with E-state index < -0.39 is 0 Å². The summed E-state index contributed by atoms with van der Waals surface area (Å²) >= 11 is 0. The Morgan fingerprint density at radius 1 is 1.06 bits per heavy atom. The standard InChI is InChI=1S/C15H12O3/c1-9-3-5-11(6-4-9)12-7-13-14(15(16)18-12)10(2)8-17-13/h3-8H,1-2H3. The number of hydrogen-bond donors (Lipinski definition) is 0. The second-order valence-electron chi connectivity index (χ2n) is 4.42. The number of rotatable bonds is 1. The van der Waals surface area contributed by atoms with E-state index in [1.54, 1.807) is 12.3 Å². The van der Waals surface area contributed by atoms with Crippen LogP contribution in [-0.4, -0.2) is 0 Å². The van der Waals surface area contributed by atoms with Gasteiger partial charge in [0.25, 0.3) is 0 Å². The normalized spacial score (nSPS) is 11.0. The summed E-state index contributed by atoms with van der Waals surface area (Å²) in [6.45, 7) is 3.84. The van der Waals surface area contributed by atoms with E-state index in [0.29, 0.717) is 16.7 Å². The number of aryl methyl sites for hydroxylation is 2. The van der Waals surface area contributed by atoms with Crippen LogP contribution in [0.15, 0.2) is 50.2 Å². The molecule has 0 aliphatic rings. The van der Waals surface area contributed by atoms with Crippen LogP contribution in [0.2, 0.25) is 0 Å². The van der Waals surface area contributed by atoms with Crippen LogP contribution in [0.4, 0.5) is 0 Å². The number of benzene rings is 1. The third kappa shape index (κ3) is 1.64. The average molecular weight is 240 g/mol. The molecule has 18 heavy (non-hydrogen) atoms. The second-order valence-corrected chi connectivity index (χ2v) is 4.42. The Balaban J connectivity index is 2.25. The molecule has 0 atom stereocenters. The third-order valence-electron chi connectivity index (χ3n) is 3.01. The van der Waals surface area contributed by atoms with Crippen molar-refractivity contribution < 1.29 is 8.83 Å². The van der Waals surface area contributed by atoms with Crippen LogP contribution in [0.3, 0.4) is 0 Å². The van der Waals surface area contributed by atoms with Gasteiger partial charge in [0.2, 0.25) is 0 Å². The summed E-state index contributed by atoms with van der Waals surface area (Å²) in [6, 6.07) is 9.57. The summed E-state index contributed by atoms with van der Waals surface area (Å²) in [5, 5.41) is 0.519. The minimum atomic E-state index is -0.352. The minimum absolute atomic E-state index is 0.352. The van der Waals surface area contributed by atoms with E-state index in [9.17, 15) is 4.79 Å². The molecular weight excluding hydrogens is 228 g/mol. The molecule has 3 nitrogen and oxygen atoms in total. The van der Waals surface area contributed by atoms with Gasteiger partial charge in [-0.1, -0.05) is 29.8 Å².